The number of nitrogen functional groups attached to an aromatic ring is 1. The van der Waals surface area contributed by atoms with E-state index in [4.69, 9.17) is 5.73 Å². The van der Waals surface area contributed by atoms with E-state index in [1.54, 1.807) is 0 Å². The van der Waals surface area contributed by atoms with Crippen molar-refractivity contribution < 1.29 is 22.3 Å². The van der Waals surface area contributed by atoms with Gasteiger partial charge in [0.1, 0.15) is 13.2 Å². The number of aromatic nitrogens is 2. The summed E-state index contributed by atoms with van der Waals surface area (Å²) in [5, 5.41) is 6.53. The van der Waals surface area contributed by atoms with Gasteiger partial charge in [-0.15, -0.1) is 5.10 Å². The van der Waals surface area contributed by atoms with Crippen LogP contribution < -0.4 is 5.73 Å². The summed E-state index contributed by atoms with van der Waals surface area (Å²) in [6.45, 7) is -1.75. The molecule has 0 aliphatic carbocycles. The van der Waals surface area contributed by atoms with E-state index in [0.29, 0.717) is 0 Å². The number of hydrogen-bond acceptors (Lipinski definition) is 5. The van der Waals surface area contributed by atoms with E-state index in [0.717, 1.165) is 0 Å². The molecular weight excluding hydrogens is 191 g/mol. The van der Waals surface area contributed by atoms with Crippen LogP contribution in [0.25, 0.3) is 0 Å². The molecule has 5 nitrogen and oxygen atoms in total. The second-order valence-electron chi connectivity index (χ2n) is 2.14. The van der Waals surface area contributed by atoms with E-state index in [1.165, 1.54) is 0 Å². The van der Waals surface area contributed by atoms with Crippen LogP contribution in [0.15, 0.2) is 4.42 Å². The zero-order chi connectivity index (χ0) is 9.90. The first-order chi connectivity index (χ1) is 5.97. The van der Waals surface area contributed by atoms with Crippen molar-refractivity contribution in [2.75, 3.05) is 12.3 Å². The van der Waals surface area contributed by atoms with Gasteiger partial charge in [0.15, 0.2) is 0 Å². The molecule has 0 radical (unpaired) electrons. The lowest BCUT2D eigenvalue weighted by Crippen LogP contribution is -2.16. The van der Waals surface area contributed by atoms with Gasteiger partial charge >= 0.3 is 12.2 Å². The molecule has 0 atom stereocenters. The molecule has 1 rings (SSSR count). The summed E-state index contributed by atoms with van der Waals surface area (Å²) in [6.07, 6.45) is -4.36. The Balaban J connectivity index is 2.28. The molecule has 0 saturated carbocycles. The first kappa shape index (κ1) is 9.78. The summed E-state index contributed by atoms with van der Waals surface area (Å²) < 4.78 is 43.4. The molecular formula is C5H6F3N3O2. The number of hydrogen-bond donors (Lipinski definition) is 1. The first-order valence-electron chi connectivity index (χ1n) is 3.20. The van der Waals surface area contributed by atoms with E-state index >= 15 is 0 Å². The minimum absolute atomic E-state index is 0.0817. The molecule has 0 fully saturated rings. The third kappa shape index (κ3) is 3.74. The van der Waals surface area contributed by atoms with Crippen molar-refractivity contribution in [3.8, 4) is 0 Å². The predicted molar refractivity (Wildman–Crippen MR) is 34.4 cm³/mol. The molecule has 8 heteroatoms. The van der Waals surface area contributed by atoms with Gasteiger partial charge in [0.25, 0.3) is 0 Å². The highest BCUT2D eigenvalue weighted by Crippen LogP contribution is 2.15. The van der Waals surface area contributed by atoms with Crippen molar-refractivity contribution in [3.63, 3.8) is 0 Å². The SMILES string of the molecule is Nc1nnc(COCC(F)(F)F)o1. The monoisotopic (exact) mass is 197 g/mol. The van der Waals surface area contributed by atoms with Crippen LogP contribution in [0.4, 0.5) is 19.2 Å². The van der Waals surface area contributed by atoms with E-state index in [9.17, 15) is 13.2 Å². The molecule has 0 unspecified atom stereocenters. The summed E-state index contributed by atoms with van der Waals surface area (Å²) in [6, 6.07) is -0.203. The zero-order valence-corrected chi connectivity index (χ0v) is 6.34. The molecule has 0 amide bonds. The molecule has 0 aliphatic heterocycles. The van der Waals surface area contributed by atoms with Crippen LogP contribution in [-0.4, -0.2) is 23.0 Å². The van der Waals surface area contributed by atoms with Crippen LogP contribution in [0, 0.1) is 0 Å². The van der Waals surface area contributed by atoms with Crippen molar-refractivity contribution in [1.82, 2.24) is 10.2 Å². The first-order valence-corrected chi connectivity index (χ1v) is 3.20. The summed E-state index contributed by atoms with van der Waals surface area (Å²) in [5.74, 6) is -0.0817. The number of nitrogens with two attached hydrogens (primary N) is 1. The number of halogens is 3. The molecule has 0 bridgehead atoms. The van der Waals surface area contributed by atoms with Crippen molar-refractivity contribution in [1.29, 1.82) is 0 Å². The van der Waals surface area contributed by atoms with Gasteiger partial charge < -0.3 is 14.9 Å². The van der Waals surface area contributed by atoms with Crippen molar-refractivity contribution in [2.45, 2.75) is 12.8 Å². The predicted octanol–water partition coefficient (Wildman–Crippen LogP) is 0.731. The molecule has 0 aliphatic rings. The minimum atomic E-state index is -4.36. The fourth-order valence-electron chi connectivity index (χ4n) is 0.579. The maximum absolute atomic E-state index is 11.5. The highest BCUT2D eigenvalue weighted by atomic mass is 19.4. The summed E-state index contributed by atoms with van der Waals surface area (Å²) in [4.78, 5) is 0. The number of ether oxygens (including phenoxy) is 1. The molecule has 0 spiro atoms. The number of rotatable bonds is 3. The summed E-state index contributed by atoms with van der Waals surface area (Å²) >= 11 is 0. The van der Waals surface area contributed by atoms with Gasteiger partial charge in [-0.2, -0.15) is 13.2 Å². The third-order valence-electron chi connectivity index (χ3n) is 0.974. The third-order valence-corrected chi connectivity index (χ3v) is 0.974. The van der Waals surface area contributed by atoms with E-state index in [1.807, 2.05) is 0 Å². The maximum atomic E-state index is 11.5. The Morgan fingerprint density at radius 1 is 1.38 bits per heavy atom. The van der Waals surface area contributed by atoms with Crippen LogP contribution in [0.2, 0.25) is 0 Å². The molecule has 2 N–H and O–H groups in total. The Hall–Kier alpha value is -1.31. The smallest absolute Gasteiger partial charge is 0.406 e. The van der Waals surface area contributed by atoms with Gasteiger partial charge in [-0.3, -0.25) is 0 Å². The molecule has 1 heterocycles. The average molecular weight is 197 g/mol. The standard InChI is InChI=1S/C5H6F3N3O2/c6-5(7,8)2-12-1-3-10-11-4(9)13-3/h1-2H2,(H2,9,11). The van der Waals surface area contributed by atoms with Gasteiger partial charge in [0.05, 0.1) is 0 Å². The van der Waals surface area contributed by atoms with Crippen LogP contribution in [-0.2, 0) is 11.3 Å². The Labute approximate surface area is 70.7 Å². The second kappa shape index (κ2) is 3.60. The lowest BCUT2D eigenvalue weighted by Gasteiger charge is -2.04. The molecule has 13 heavy (non-hydrogen) atoms. The molecule has 1 aromatic rings. The Kier molecular flexibility index (Phi) is 2.71. The van der Waals surface area contributed by atoms with Crippen LogP contribution in [0.5, 0.6) is 0 Å². The van der Waals surface area contributed by atoms with Crippen LogP contribution >= 0.6 is 0 Å². The van der Waals surface area contributed by atoms with Crippen molar-refractivity contribution in [3.05, 3.63) is 5.89 Å². The Morgan fingerprint density at radius 3 is 2.54 bits per heavy atom. The van der Waals surface area contributed by atoms with Crippen molar-refractivity contribution in [2.24, 2.45) is 0 Å². The summed E-state index contributed by atoms with van der Waals surface area (Å²) in [5.41, 5.74) is 5.02. The highest BCUT2D eigenvalue weighted by molar-refractivity contribution is 5.04. The minimum Gasteiger partial charge on any atom is -0.406 e. The van der Waals surface area contributed by atoms with E-state index in [2.05, 4.69) is 19.4 Å². The molecule has 0 saturated heterocycles. The summed E-state index contributed by atoms with van der Waals surface area (Å²) in [7, 11) is 0. The number of anilines is 1. The lowest BCUT2D eigenvalue weighted by atomic mass is 10.6. The molecule has 1 aromatic heterocycles. The van der Waals surface area contributed by atoms with E-state index < -0.39 is 19.4 Å². The maximum Gasteiger partial charge on any atom is 0.411 e. The second-order valence-corrected chi connectivity index (χ2v) is 2.14. The fourth-order valence-corrected chi connectivity index (χ4v) is 0.579. The normalized spacial score (nSPS) is 11.9. The van der Waals surface area contributed by atoms with E-state index in [-0.39, 0.29) is 11.9 Å². The van der Waals surface area contributed by atoms with Crippen molar-refractivity contribution >= 4 is 6.01 Å². The largest absolute Gasteiger partial charge is 0.411 e. The zero-order valence-electron chi connectivity index (χ0n) is 6.34. The lowest BCUT2D eigenvalue weighted by molar-refractivity contribution is -0.177. The van der Waals surface area contributed by atoms with Gasteiger partial charge in [-0.1, -0.05) is 5.10 Å². The van der Waals surface area contributed by atoms with Gasteiger partial charge in [-0.05, 0) is 0 Å². The Bertz CT molecular complexity index is 272. The highest BCUT2D eigenvalue weighted by Gasteiger charge is 2.27. The van der Waals surface area contributed by atoms with Gasteiger partial charge in [-0.25, -0.2) is 0 Å². The molecule has 0 aromatic carbocycles. The topological polar surface area (TPSA) is 74.2 Å². The van der Waals surface area contributed by atoms with Crippen LogP contribution in [0.3, 0.4) is 0 Å². The molecule has 74 valence electrons. The quantitative estimate of drug-likeness (QED) is 0.773. The van der Waals surface area contributed by atoms with Gasteiger partial charge in [0, 0.05) is 0 Å². The average Bonchev–Trinajstić information content (AvgIpc) is 2.33. The Morgan fingerprint density at radius 2 is 2.08 bits per heavy atom. The van der Waals surface area contributed by atoms with Crippen LogP contribution in [0.1, 0.15) is 5.89 Å². The number of nitrogens with zero attached hydrogens (tertiary/aromatic N) is 2. The van der Waals surface area contributed by atoms with Gasteiger partial charge in [0.2, 0.25) is 5.89 Å². The fraction of sp³-hybridized carbons (Fsp3) is 0.600. The number of alkyl halides is 3.